The molecule has 1 saturated heterocycles. The molecule has 1 atom stereocenters. The highest BCUT2D eigenvalue weighted by Gasteiger charge is 2.28. The van der Waals surface area contributed by atoms with E-state index in [4.69, 9.17) is 10.5 Å². The average molecular weight is 389 g/mol. The Labute approximate surface area is 154 Å². The van der Waals surface area contributed by atoms with Crippen LogP contribution in [0.25, 0.3) is 0 Å². The number of ether oxygens (including phenoxy) is 2. The Morgan fingerprint density at radius 1 is 1.26 bits per heavy atom. The van der Waals surface area contributed by atoms with Gasteiger partial charge in [0.25, 0.3) is 11.8 Å². The van der Waals surface area contributed by atoms with Gasteiger partial charge in [-0.25, -0.2) is 0 Å². The minimum Gasteiger partial charge on any atom is -0.484 e. The third kappa shape index (κ3) is 7.33. The van der Waals surface area contributed by atoms with Crippen LogP contribution in [-0.4, -0.2) is 50.3 Å². The summed E-state index contributed by atoms with van der Waals surface area (Å²) in [5.41, 5.74) is 4.99. The Balaban J connectivity index is 2.09. The first-order chi connectivity index (χ1) is 12.7. The van der Waals surface area contributed by atoms with Crippen molar-refractivity contribution < 1.29 is 32.2 Å². The molecule has 2 amide bonds. The minimum atomic E-state index is -4.50. The molecule has 150 valence electrons. The molecule has 1 fully saturated rings. The van der Waals surface area contributed by atoms with Gasteiger partial charge in [-0.1, -0.05) is 6.42 Å². The van der Waals surface area contributed by atoms with Crippen molar-refractivity contribution in [3.8, 4) is 11.5 Å². The number of nitrogens with one attached hydrogen (secondary N) is 2. The predicted molar refractivity (Wildman–Crippen MR) is 90.7 cm³/mol. The average Bonchev–Trinajstić information content (AvgIpc) is 2.63. The van der Waals surface area contributed by atoms with E-state index in [1.807, 2.05) is 0 Å². The monoisotopic (exact) mass is 389 g/mol. The summed E-state index contributed by atoms with van der Waals surface area (Å²) in [6, 6.07) is 3.76. The number of rotatable bonds is 8. The van der Waals surface area contributed by atoms with Crippen molar-refractivity contribution >= 4 is 11.8 Å². The molecule has 0 spiro atoms. The Morgan fingerprint density at radius 2 is 2.04 bits per heavy atom. The van der Waals surface area contributed by atoms with Crippen molar-refractivity contribution in [2.75, 3.05) is 26.3 Å². The summed E-state index contributed by atoms with van der Waals surface area (Å²) in [7, 11) is 0. The largest absolute Gasteiger partial charge is 0.484 e. The van der Waals surface area contributed by atoms with E-state index >= 15 is 0 Å². The van der Waals surface area contributed by atoms with E-state index in [9.17, 15) is 22.8 Å². The highest BCUT2D eigenvalue weighted by molar-refractivity contribution is 5.97. The molecule has 1 aliphatic heterocycles. The van der Waals surface area contributed by atoms with Crippen LogP contribution >= 0.6 is 0 Å². The highest BCUT2D eigenvalue weighted by atomic mass is 19.4. The van der Waals surface area contributed by atoms with E-state index in [0.717, 1.165) is 31.9 Å². The number of primary amides is 1. The zero-order valence-corrected chi connectivity index (χ0v) is 14.6. The summed E-state index contributed by atoms with van der Waals surface area (Å²) in [5.74, 6) is -1.40. The third-order valence-electron chi connectivity index (χ3n) is 3.89. The van der Waals surface area contributed by atoms with Crippen LogP contribution in [0.4, 0.5) is 13.2 Å². The second-order valence-electron chi connectivity index (χ2n) is 6.17. The maximum Gasteiger partial charge on any atom is 0.422 e. The molecule has 27 heavy (non-hydrogen) atoms. The lowest BCUT2D eigenvalue weighted by molar-refractivity contribution is -0.153. The molecular formula is C17H22F3N3O4. The SMILES string of the molecule is NC(=O)COc1ccc(OCC(F)(F)F)cc1C(=O)NCC1CCCCN1. The molecule has 0 aliphatic carbocycles. The fourth-order valence-corrected chi connectivity index (χ4v) is 2.63. The molecule has 10 heteroatoms. The van der Waals surface area contributed by atoms with Crippen molar-refractivity contribution in [3.05, 3.63) is 23.8 Å². The quantitative estimate of drug-likeness (QED) is 0.623. The molecule has 0 bridgehead atoms. The molecule has 1 heterocycles. The maximum atomic E-state index is 12.5. The molecule has 2 rings (SSSR count). The highest BCUT2D eigenvalue weighted by Crippen LogP contribution is 2.26. The topological polar surface area (TPSA) is 103 Å². The number of halogens is 3. The molecule has 0 aromatic heterocycles. The first-order valence-electron chi connectivity index (χ1n) is 8.51. The van der Waals surface area contributed by atoms with Gasteiger partial charge in [0.1, 0.15) is 11.5 Å². The lowest BCUT2D eigenvalue weighted by Gasteiger charge is -2.23. The van der Waals surface area contributed by atoms with Crippen LogP contribution in [-0.2, 0) is 4.79 Å². The number of piperidine rings is 1. The number of amides is 2. The number of hydrogen-bond donors (Lipinski definition) is 3. The van der Waals surface area contributed by atoms with Crippen molar-refractivity contribution in [2.24, 2.45) is 5.73 Å². The second kappa shape index (κ2) is 9.45. The summed E-state index contributed by atoms with van der Waals surface area (Å²) in [4.78, 5) is 23.4. The van der Waals surface area contributed by atoms with E-state index in [1.54, 1.807) is 0 Å². The van der Waals surface area contributed by atoms with Gasteiger partial charge >= 0.3 is 6.18 Å². The van der Waals surface area contributed by atoms with E-state index in [0.29, 0.717) is 6.54 Å². The predicted octanol–water partition coefficient (Wildman–Crippen LogP) is 1.36. The van der Waals surface area contributed by atoms with Crippen LogP contribution < -0.4 is 25.8 Å². The number of hydrogen-bond acceptors (Lipinski definition) is 5. The molecule has 1 aliphatic rings. The lowest BCUT2D eigenvalue weighted by atomic mass is 10.0. The zero-order valence-electron chi connectivity index (χ0n) is 14.6. The standard InChI is InChI=1S/C17H22F3N3O4/c18-17(19,20)10-27-12-4-5-14(26-9-15(21)24)13(7-12)16(25)23-8-11-3-1-2-6-22-11/h4-5,7,11,22H,1-3,6,8-10H2,(H2,21,24)(H,23,25). The van der Waals surface area contributed by atoms with E-state index in [1.165, 1.54) is 12.1 Å². The number of benzene rings is 1. The van der Waals surface area contributed by atoms with Gasteiger partial charge in [0.05, 0.1) is 5.56 Å². The molecular weight excluding hydrogens is 367 g/mol. The van der Waals surface area contributed by atoms with Crippen molar-refractivity contribution in [3.63, 3.8) is 0 Å². The summed E-state index contributed by atoms with van der Waals surface area (Å²) >= 11 is 0. The Bertz CT molecular complexity index is 661. The second-order valence-corrected chi connectivity index (χ2v) is 6.17. The van der Waals surface area contributed by atoms with Crippen LogP contribution in [0.3, 0.4) is 0 Å². The molecule has 0 radical (unpaired) electrons. The summed E-state index contributed by atoms with van der Waals surface area (Å²) < 4.78 is 46.8. The number of carbonyl (C=O) groups is 2. The van der Waals surface area contributed by atoms with Gasteiger partial charge in [-0.3, -0.25) is 9.59 Å². The van der Waals surface area contributed by atoms with Crippen LogP contribution in [0, 0.1) is 0 Å². The van der Waals surface area contributed by atoms with Crippen LogP contribution in [0.5, 0.6) is 11.5 Å². The molecule has 7 nitrogen and oxygen atoms in total. The fraction of sp³-hybridized carbons (Fsp3) is 0.529. The summed E-state index contributed by atoms with van der Waals surface area (Å²) in [6.07, 6.45) is -1.45. The van der Waals surface area contributed by atoms with E-state index < -0.39 is 31.2 Å². The molecule has 1 aromatic rings. The normalized spacial score (nSPS) is 17.2. The molecule has 4 N–H and O–H groups in total. The maximum absolute atomic E-state index is 12.5. The van der Waals surface area contributed by atoms with Crippen molar-refractivity contribution in [2.45, 2.75) is 31.5 Å². The van der Waals surface area contributed by atoms with Crippen LogP contribution in [0.2, 0.25) is 0 Å². The Hall–Kier alpha value is -2.49. The van der Waals surface area contributed by atoms with Crippen molar-refractivity contribution in [1.82, 2.24) is 10.6 Å². The number of nitrogens with two attached hydrogens (primary N) is 1. The first-order valence-corrected chi connectivity index (χ1v) is 8.51. The van der Waals surface area contributed by atoms with Gasteiger partial charge in [0.15, 0.2) is 13.2 Å². The minimum absolute atomic E-state index is 0.0299. The smallest absolute Gasteiger partial charge is 0.422 e. The van der Waals surface area contributed by atoms with Gasteiger partial charge in [0, 0.05) is 12.6 Å². The van der Waals surface area contributed by atoms with Gasteiger partial charge in [-0.05, 0) is 37.6 Å². The zero-order chi connectivity index (χ0) is 19.9. The summed E-state index contributed by atoms with van der Waals surface area (Å²) in [6.45, 7) is -0.717. The third-order valence-corrected chi connectivity index (χ3v) is 3.89. The summed E-state index contributed by atoms with van der Waals surface area (Å²) in [5, 5.41) is 5.99. The number of alkyl halides is 3. The fourth-order valence-electron chi connectivity index (χ4n) is 2.63. The number of carbonyl (C=O) groups excluding carboxylic acids is 2. The van der Waals surface area contributed by atoms with Gasteiger partial charge < -0.3 is 25.8 Å². The molecule has 1 unspecified atom stereocenters. The van der Waals surface area contributed by atoms with Gasteiger partial charge in [-0.2, -0.15) is 13.2 Å². The van der Waals surface area contributed by atoms with E-state index in [-0.39, 0.29) is 23.1 Å². The van der Waals surface area contributed by atoms with Crippen LogP contribution in [0.15, 0.2) is 18.2 Å². The van der Waals surface area contributed by atoms with Crippen LogP contribution in [0.1, 0.15) is 29.6 Å². The Kier molecular flexibility index (Phi) is 7.28. The molecule has 1 aromatic carbocycles. The van der Waals surface area contributed by atoms with E-state index in [2.05, 4.69) is 15.4 Å². The Morgan fingerprint density at radius 3 is 2.67 bits per heavy atom. The van der Waals surface area contributed by atoms with Gasteiger partial charge in [-0.15, -0.1) is 0 Å². The first kappa shape index (κ1) is 20.8. The van der Waals surface area contributed by atoms with Crippen molar-refractivity contribution in [1.29, 1.82) is 0 Å². The molecule has 0 saturated carbocycles. The lowest BCUT2D eigenvalue weighted by Crippen LogP contribution is -2.43. The van der Waals surface area contributed by atoms with Gasteiger partial charge in [0.2, 0.25) is 0 Å².